The van der Waals surface area contributed by atoms with Gasteiger partial charge >= 0.3 is 6.09 Å². The summed E-state index contributed by atoms with van der Waals surface area (Å²) in [5.74, 6) is -0.587. The van der Waals surface area contributed by atoms with Crippen LogP contribution in [0.25, 0.3) is 0 Å². The molecule has 37 heavy (non-hydrogen) atoms. The highest BCUT2D eigenvalue weighted by Gasteiger charge is 2.36. The number of hydrogen-bond donors (Lipinski definition) is 3. The minimum absolute atomic E-state index is 0.101. The second-order valence-corrected chi connectivity index (χ2v) is 10.6. The average Bonchev–Trinajstić information content (AvgIpc) is 2.78. The lowest BCUT2D eigenvalue weighted by Gasteiger charge is -2.35. The molecule has 0 saturated carbocycles. The molecule has 0 bridgehead atoms. The van der Waals surface area contributed by atoms with Crippen LogP contribution in [0.3, 0.4) is 0 Å². The van der Waals surface area contributed by atoms with Crippen molar-refractivity contribution in [1.29, 1.82) is 0 Å². The van der Waals surface area contributed by atoms with Crippen molar-refractivity contribution in [3.63, 3.8) is 0 Å². The number of alkyl carbamates (subject to hydrolysis) is 1. The second-order valence-electron chi connectivity index (χ2n) is 10.6. The molecule has 0 spiro atoms. The summed E-state index contributed by atoms with van der Waals surface area (Å²) in [5, 5.41) is 15.3. The third-order valence-electron chi connectivity index (χ3n) is 5.50. The monoisotopic (exact) mass is 511 g/mol. The standard InChI is InChI=1S/C29H41N3O5/c1-8-17-32(25(26(34)30-19(2)3)22-13-9-20(4)10-14-22)27(35)24(31-28(36)37-29(5,6)7)18-21-11-15-23(33)16-12-21/h9-16,19,24-25,33H,8,17-18H2,1-7H3,(H,30,34)(H,31,36). The zero-order chi connectivity index (χ0) is 27.8. The van der Waals surface area contributed by atoms with E-state index >= 15 is 0 Å². The summed E-state index contributed by atoms with van der Waals surface area (Å²) in [7, 11) is 0. The van der Waals surface area contributed by atoms with Crippen LogP contribution in [0.15, 0.2) is 48.5 Å². The Balaban J connectivity index is 2.50. The van der Waals surface area contributed by atoms with Gasteiger partial charge in [0.15, 0.2) is 0 Å². The van der Waals surface area contributed by atoms with Crippen LogP contribution in [0.2, 0.25) is 0 Å². The summed E-state index contributed by atoms with van der Waals surface area (Å²) in [6.45, 7) is 13.2. The molecule has 2 unspecified atom stereocenters. The molecule has 0 saturated heterocycles. The maximum Gasteiger partial charge on any atom is 0.408 e. The Labute approximate surface area is 220 Å². The van der Waals surface area contributed by atoms with Crippen LogP contribution < -0.4 is 10.6 Å². The number of carbonyl (C=O) groups excluding carboxylic acids is 3. The number of benzene rings is 2. The highest BCUT2D eigenvalue weighted by atomic mass is 16.6. The van der Waals surface area contributed by atoms with Crippen molar-refractivity contribution < 1.29 is 24.2 Å². The van der Waals surface area contributed by atoms with Crippen LogP contribution in [0.5, 0.6) is 5.75 Å². The number of amides is 3. The lowest BCUT2D eigenvalue weighted by Crippen LogP contribution is -2.54. The fraction of sp³-hybridized carbons (Fsp3) is 0.483. The molecular formula is C29H41N3O5. The van der Waals surface area contributed by atoms with Gasteiger partial charge in [-0.05, 0) is 71.2 Å². The number of nitrogens with zero attached hydrogens (tertiary/aromatic N) is 1. The quantitative estimate of drug-likeness (QED) is 0.431. The zero-order valence-electron chi connectivity index (χ0n) is 23.0. The van der Waals surface area contributed by atoms with E-state index in [4.69, 9.17) is 4.74 Å². The predicted molar refractivity (Wildman–Crippen MR) is 144 cm³/mol. The summed E-state index contributed by atoms with van der Waals surface area (Å²) in [5.41, 5.74) is 1.71. The summed E-state index contributed by atoms with van der Waals surface area (Å²) in [6, 6.07) is 12.0. The van der Waals surface area contributed by atoms with E-state index in [2.05, 4.69) is 10.6 Å². The van der Waals surface area contributed by atoms with Gasteiger partial charge < -0.3 is 25.4 Å². The topological polar surface area (TPSA) is 108 Å². The number of aromatic hydroxyl groups is 1. The summed E-state index contributed by atoms with van der Waals surface area (Å²) >= 11 is 0. The number of rotatable bonds is 10. The van der Waals surface area contributed by atoms with E-state index in [0.29, 0.717) is 18.5 Å². The Morgan fingerprint density at radius 2 is 1.57 bits per heavy atom. The molecule has 0 fully saturated rings. The molecule has 0 aliphatic carbocycles. The lowest BCUT2D eigenvalue weighted by molar-refractivity contribution is -0.142. The van der Waals surface area contributed by atoms with Crippen molar-refractivity contribution in [3.8, 4) is 5.75 Å². The van der Waals surface area contributed by atoms with Gasteiger partial charge in [-0.25, -0.2) is 4.79 Å². The van der Waals surface area contributed by atoms with Crippen molar-refractivity contribution >= 4 is 17.9 Å². The van der Waals surface area contributed by atoms with E-state index in [1.54, 1.807) is 32.9 Å². The van der Waals surface area contributed by atoms with Crippen molar-refractivity contribution in [2.45, 2.75) is 85.0 Å². The highest BCUT2D eigenvalue weighted by Crippen LogP contribution is 2.25. The smallest absolute Gasteiger partial charge is 0.408 e. The van der Waals surface area contributed by atoms with E-state index in [-0.39, 0.29) is 24.1 Å². The molecule has 0 aliphatic heterocycles. The summed E-state index contributed by atoms with van der Waals surface area (Å²) < 4.78 is 5.43. The predicted octanol–water partition coefficient (Wildman–Crippen LogP) is 4.64. The average molecular weight is 512 g/mol. The van der Waals surface area contributed by atoms with Crippen LogP contribution in [0, 0.1) is 6.92 Å². The number of hydrogen-bond acceptors (Lipinski definition) is 5. The maximum atomic E-state index is 14.1. The minimum Gasteiger partial charge on any atom is -0.508 e. The number of aryl methyl sites for hydroxylation is 1. The molecule has 2 aromatic rings. The SMILES string of the molecule is CCCN(C(=O)C(Cc1ccc(O)cc1)NC(=O)OC(C)(C)C)C(C(=O)NC(C)C)c1ccc(C)cc1. The first-order chi connectivity index (χ1) is 17.3. The van der Waals surface area contributed by atoms with Crippen molar-refractivity contribution in [3.05, 3.63) is 65.2 Å². The Morgan fingerprint density at radius 3 is 2.08 bits per heavy atom. The molecule has 8 nitrogen and oxygen atoms in total. The zero-order valence-corrected chi connectivity index (χ0v) is 23.0. The second kappa shape index (κ2) is 13.1. The Kier molecular flexibility index (Phi) is 10.5. The number of nitrogens with one attached hydrogen (secondary N) is 2. The van der Waals surface area contributed by atoms with E-state index in [9.17, 15) is 19.5 Å². The summed E-state index contributed by atoms with van der Waals surface area (Å²) in [6.07, 6.45) is 0.0477. The van der Waals surface area contributed by atoms with Gasteiger partial charge in [-0.2, -0.15) is 0 Å². The van der Waals surface area contributed by atoms with Crippen LogP contribution in [-0.2, 0) is 20.7 Å². The fourth-order valence-electron chi connectivity index (χ4n) is 3.91. The summed E-state index contributed by atoms with van der Waals surface area (Å²) in [4.78, 5) is 41.8. The van der Waals surface area contributed by atoms with E-state index in [1.807, 2.05) is 52.0 Å². The first-order valence-electron chi connectivity index (χ1n) is 12.8. The van der Waals surface area contributed by atoms with Gasteiger partial charge in [0, 0.05) is 19.0 Å². The van der Waals surface area contributed by atoms with Gasteiger partial charge in [0.2, 0.25) is 11.8 Å². The molecular weight excluding hydrogens is 470 g/mol. The molecule has 0 aromatic heterocycles. The van der Waals surface area contributed by atoms with Gasteiger partial charge in [-0.1, -0.05) is 48.9 Å². The number of phenols is 1. The molecule has 2 atom stereocenters. The van der Waals surface area contributed by atoms with Gasteiger partial charge in [-0.3, -0.25) is 9.59 Å². The minimum atomic E-state index is -0.995. The first kappa shape index (κ1) is 29.7. The molecule has 0 aliphatic rings. The van der Waals surface area contributed by atoms with E-state index in [1.165, 1.54) is 17.0 Å². The number of ether oxygens (including phenoxy) is 1. The molecule has 2 aromatic carbocycles. The third-order valence-corrected chi connectivity index (χ3v) is 5.50. The van der Waals surface area contributed by atoms with Gasteiger partial charge in [-0.15, -0.1) is 0 Å². The first-order valence-corrected chi connectivity index (χ1v) is 12.8. The number of phenolic OH excluding ortho intramolecular Hbond substituents is 1. The van der Waals surface area contributed by atoms with Gasteiger partial charge in [0.05, 0.1) is 0 Å². The van der Waals surface area contributed by atoms with Crippen molar-refractivity contribution in [2.75, 3.05) is 6.54 Å². The van der Waals surface area contributed by atoms with E-state index < -0.39 is 29.7 Å². The van der Waals surface area contributed by atoms with Gasteiger partial charge in [0.25, 0.3) is 0 Å². The van der Waals surface area contributed by atoms with Gasteiger partial charge in [0.1, 0.15) is 23.4 Å². The number of carbonyl (C=O) groups is 3. The van der Waals surface area contributed by atoms with Crippen LogP contribution >= 0.6 is 0 Å². The lowest BCUT2D eigenvalue weighted by atomic mass is 9.99. The Bertz CT molecular complexity index is 1040. The molecule has 3 amide bonds. The Morgan fingerprint density at radius 1 is 0.973 bits per heavy atom. The molecule has 8 heteroatoms. The van der Waals surface area contributed by atoms with Crippen LogP contribution in [0.1, 0.15) is 70.7 Å². The fourth-order valence-corrected chi connectivity index (χ4v) is 3.91. The third kappa shape index (κ3) is 9.44. The van der Waals surface area contributed by atoms with Crippen LogP contribution in [-0.4, -0.2) is 52.1 Å². The molecule has 3 N–H and O–H groups in total. The van der Waals surface area contributed by atoms with Crippen molar-refractivity contribution in [1.82, 2.24) is 15.5 Å². The largest absolute Gasteiger partial charge is 0.508 e. The Hall–Kier alpha value is -3.55. The molecule has 2 rings (SSSR count). The maximum absolute atomic E-state index is 14.1. The molecule has 202 valence electrons. The van der Waals surface area contributed by atoms with Crippen molar-refractivity contribution in [2.24, 2.45) is 0 Å². The molecule has 0 radical (unpaired) electrons. The highest BCUT2D eigenvalue weighted by molar-refractivity contribution is 5.92. The molecule has 0 heterocycles. The van der Waals surface area contributed by atoms with Crippen LogP contribution in [0.4, 0.5) is 4.79 Å². The normalized spacial score (nSPS) is 13.0. The van der Waals surface area contributed by atoms with E-state index in [0.717, 1.165) is 11.1 Å².